The minimum Gasteiger partial charge on any atom is -0.374 e. The Hall–Kier alpha value is -1.39. The topological polar surface area (TPSA) is 39.1 Å². The lowest BCUT2D eigenvalue weighted by Crippen LogP contribution is -2.37. The lowest BCUT2D eigenvalue weighted by atomic mass is 10.0. The van der Waals surface area contributed by atoms with Crippen molar-refractivity contribution in [3.8, 4) is 0 Å². The Morgan fingerprint density at radius 3 is 3.00 bits per heavy atom. The fourth-order valence-corrected chi connectivity index (χ4v) is 3.03. The highest BCUT2D eigenvalue weighted by molar-refractivity contribution is 5.75. The Labute approximate surface area is 120 Å². The van der Waals surface area contributed by atoms with Crippen LogP contribution in [0.1, 0.15) is 32.5 Å². The van der Waals surface area contributed by atoms with Gasteiger partial charge in [0.2, 0.25) is 0 Å². The molecule has 0 saturated carbocycles. The molecule has 1 unspecified atom stereocenters. The fourth-order valence-electron chi connectivity index (χ4n) is 3.03. The summed E-state index contributed by atoms with van der Waals surface area (Å²) in [4.78, 5) is 4.73. The molecule has 108 valence electrons. The second-order valence-corrected chi connectivity index (χ2v) is 5.77. The number of imidazole rings is 1. The Morgan fingerprint density at radius 1 is 1.40 bits per heavy atom. The number of para-hydroxylation sites is 2. The van der Waals surface area contributed by atoms with Crippen molar-refractivity contribution < 1.29 is 4.74 Å². The standard InChI is InChI=1S/C16H23N3O/c1-3-19-14-8-5-4-7-13(14)18-15(19)11-17-12-16(2)9-6-10-20-16/h4-5,7-8,17H,3,6,9-12H2,1-2H3. The van der Waals surface area contributed by atoms with Crippen LogP contribution in [0.4, 0.5) is 0 Å². The number of hydrogen-bond donors (Lipinski definition) is 1. The van der Waals surface area contributed by atoms with Gasteiger partial charge in [-0.1, -0.05) is 12.1 Å². The van der Waals surface area contributed by atoms with Gasteiger partial charge in [0, 0.05) is 19.7 Å². The maximum Gasteiger partial charge on any atom is 0.123 e. The number of rotatable bonds is 5. The first kappa shape index (κ1) is 13.6. The zero-order valence-corrected chi connectivity index (χ0v) is 12.4. The van der Waals surface area contributed by atoms with Gasteiger partial charge in [0.05, 0.1) is 23.2 Å². The molecule has 1 saturated heterocycles. The molecule has 20 heavy (non-hydrogen) atoms. The molecule has 0 amide bonds. The predicted octanol–water partition coefficient (Wildman–Crippen LogP) is 2.71. The molecule has 2 aromatic rings. The molecule has 4 heteroatoms. The molecule has 0 radical (unpaired) electrons. The molecule has 0 aliphatic carbocycles. The van der Waals surface area contributed by atoms with Crippen LogP contribution in [0.3, 0.4) is 0 Å². The van der Waals surface area contributed by atoms with E-state index in [1.807, 2.05) is 6.07 Å². The van der Waals surface area contributed by atoms with E-state index in [0.29, 0.717) is 0 Å². The molecule has 0 bridgehead atoms. The molecule has 1 aromatic heterocycles. The second-order valence-electron chi connectivity index (χ2n) is 5.77. The molecule has 2 heterocycles. The summed E-state index contributed by atoms with van der Waals surface area (Å²) in [7, 11) is 0. The van der Waals surface area contributed by atoms with E-state index in [1.54, 1.807) is 0 Å². The van der Waals surface area contributed by atoms with Crippen molar-refractivity contribution in [1.29, 1.82) is 0 Å². The largest absolute Gasteiger partial charge is 0.374 e. The van der Waals surface area contributed by atoms with Crippen LogP contribution in [0.2, 0.25) is 0 Å². The van der Waals surface area contributed by atoms with Crippen molar-refractivity contribution in [2.45, 2.75) is 45.4 Å². The van der Waals surface area contributed by atoms with E-state index in [0.717, 1.165) is 44.0 Å². The van der Waals surface area contributed by atoms with Gasteiger partial charge < -0.3 is 14.6 Å². The summed E-state index contributed by atoms with van der Waals surface area (Å²) < 4.78 is 8.08. The summed E-state index contributed by atoms with van der Waals surface area (Å²) in [5, 5.41) is 3.51. The van der Waals surface area contributed by atoms with Gasteiger partial charge in [-0.2, -0.15) is 0 Å². The minimum atomic E-state index is 0.00304. The third-order valence-electron chi connectivity index (χ3n) is 4.13. The van der Waals surface area contributed by atoms with Crippen LogP contribution in [0, 0.1) is 0 Å². The summed E-state index contributed by atoms with van der Waals surface area (Å²) in [5.41, 5.74) is 2.30. The fraction of sp³-hybridized carbons (Fsp3) is 0.562. The number of hydrogen-bond acceptors (Lipinski definition) is 3. The normalized spacial score (nSPS) is 22.7. The maximum atomic E-state index is 5.80. The summed E-state index contributed by atoms with van der Waals surface area (Å²) in [6.45, 7) is 7.88. The Balaban J connectivity index is 1.71. The predicted molar refractivity (Wildman–Crippen MR) is 80.7 cm³/mol. The Bertz CT molecular complexity index is 584. The van der Waals surface area contributed by atoms with Crippen LogP contribution in [0.15, 0.2) is 24.3 Å². The van der Waals surface area contributed by atoms with Gasteiger partial charge in [0.15, 0.2) is 0 Å². The number of nitrogens with one attached hydrogen (secondary N) is 1. The molecule has 1 N–H and O–H groups in total. The molecule has 3 rings (SSSR count). The third-order valence-corrected chi connectivity index (χ3v) is 4.13. The van der Waals surface area contributed by atoms with Crippen LogP contribution < -0.4 is 5.32 Å². The molecule has 0 spiro atoms. The molecule has 1 aliphatic heterocycles. The van der Waals surface area contributed by atoms with E-state index >= 15 is 0 Å². The lowest BCUT2D eigenvalue weighted by molar-refractivity contribution is 0.0205. The van der Waals surface area contributed by atoms with Crippen molar-refractivity contribution in [1.82, 2.24) is 14.9 Å². The summed E-state index contributed by atoms with van der Waals surface area (Å²) in [6.07, 6.45) is 2.32. The minimum absolute atomic E-state index is 0.00304. The number of fused-ring (bicyclic) bond motifs is 1. The molecule has 1 aromatic carbocycles. The summed E-state index contributed by atoms with van der Waals surface area (Å²) in [6, 6.07) is 8.32. The maximum absolute atomic E-state index is 5.80. The molecular weight excluding hydrogens is 250 g/mol. The molecule has 1 aliphatic rings. The van der Waals surface area contributed by atoms with Crippen LogP contribution in [-0.2, 0) is 17.8 Å². The van der Waals surface area contributed by atoms with Crippen molar-refractivity contribution in [3.63, 3.8) is 0 Å². The number of benzene rings is 1. The van der Waals surface area contributed by atoms with E-state index in [2.05, 4.69) is 41.9 Å². The lowest BCUT2D eigenvalue weighted by Gasteiger charge is -2.23. The highest BCUT2D eigenvalue weighted by atomic mass is 16.5. The van der Waals surface area contributed by atoms with Crippen LogP contribution in [0.5, 0.6) is 0 Å². The highest BCUT2D eigenvalue weighted by Gasteiger charge is 2.29. The van der Waals surface area contributed by atoms with Crippen molar-refractivity contribution >= 4 is 11.0 Å². The van der Waals surface area contributed by atoms with Crippen molar-refractivity contribution in [2.75, 3.05) is 13.2 Å². The molecule has 1 atom stereocenters. The van der Waals surface area contributed by atoms with E-state index in [9.17, 15) is 0 Å². The second kappa shape index (κ2) is 5.54. The zero-order chi connectivity index (χ0) is 14.0. The number of aryl methyl sites for hydroxylation is 1. The van der Waals surface area contributed by atoms with E-state index < -0.39 is 0 Å². The molecule has 4 nitrogen and oxygen atoms in total. The Kier molecular flexibility index (Phi) is 3.76. The summed E-state index contributed by atoms with van der Waals surface area (Å²) >= 11 is 0. The number of aromatic nitrogens is 2. The zero-order valence-electron chi connectivity index (χ0n) is 12.4. The van der Waals surface area contributed by atoms with Gasteiger partial charge in [-0.05, 0) is 38.8 Å². The smallest absolute Gasteiger partial charge is 0.123 e. The first-order valence-corrected chi connectivity index (χ1v) is 7.51. The van der Waals surface area contributed by atoms with Gasteiger partial charge in [-0.15, -0.1) is 0 Å². The number of ether oxygens (including phenoxy) is 1. The van der Waals surface area contributed by atoms with Crippen LogP contribution in [-0.4, -0.2) is 28.3 Å². The van der Waals surface area contributed by atoms with Gasteiger partial charge in [0.25, 0.3) is 0 Å². The van der Waals surface area contributed by atoms with E-state index in [1.165, 1.54) is 11.9 Å². The quantitative estimate of drug-likeness (QED) is 0.910. The average Bonchev–Trinajstić information content (AvgIpc) is 3.02. The van der Waals surface area contributed by atoms with Crippen molar-refractivity contribution in [2.24, 2.45) is 0 Å². The van der Waals surface area contributed by atoms with Crippen LogP contribution >= 0.6 is 0 Å². The Morgan fingerprint density at radius 2 is 2.25 bits per heavy atom. The monoisotopic (exact) mass is 273 g/mol. The van der Waals surface area contributed by atoms with Crippen molar-refractivity contribution in [3.05, 3.63) is 30.1 Å². The first-order valence-electron chi connectivity index (χ1n) is 7.51. The highest BCUT2D eigenvalue weighted by Crippen LogP contribution is 2.24. The van der Waals surface area contributed by atoms with Gasteiger partial charge in [-0.3, -0.25) is 0 Å². The molecular formula is C16H23N3O. The van der Waals surface area contributed by atoms with Gasteiger partial charge in [0.1, 0.15) is 5.82 Å². The SMILES string of the molecule is CCn1c(CNCC2(C)CCCO2)nc2ccccc21. The summed E-state index contributed by atoms with van der Waals surface area (Å²) in [5.74, 6) is 1.11. The van der Waals surface area contributed by atoms with E-state index in [4.69, 9.17) is 9.72 Å². The van der Waals surface area contributed by atoms with Gasteiger partial charge in [-0.25, -0.2) is 4.98 Å². The average molecular weight is 273 g/mol. The number of nitrogens with zero attached hydrogens (tertiary/aromatic N) is 2. The van der Waals surface area contributed by atoms with Gasteiger partial charge >= 0.3 is 0 Å². The van der Waals surface area contributed by atoms with Crippen LogP contribution in [0.25, 0.3) is 11.0 Å². The first-order chi connectivity index (χ1) is 9.72. The third kappa shape index (κ3) is 2.58. The molecule has 1 fully saturated rings. The van der Waals surface area contributed by atoms with E-state index in [-0.39, 0.29) is 5.60 Å².